The highest BCUT2D eigenvalue weighted by molar-refractivity contribution is 5.69. The Morgan fingerprint density at radius 2 is 2.19 bits per heavy atom. The number of aromatic nitrogens is 1. The Morgan fingerprint density at radius 1 is 1.35 bits per heavy atom. The van der Waals surface area contributed by atoms with Crippen molar-refractivity contribution in [3.8, 4) is 22.8 Å². The van der Waals surface area contributed by atoms with Gasteiger partial charge in [0.2, 0.25) is 6.79 Å². The maximum absolute atomic E-state index is 11.4. The Labute approximate surface area is 151 Å². The molecule has 0 saturated heterocycles. The molecule has 0 N–H and O–H groups in total. The molecule has 0 amide bonds. The van der Waals surface area contributed by atoms with Gasteiger partial charge in [-0.3, -0.25) is 9.69 Å². The quantitative estimate of drug-likeness (QED) is 0.761. The predicted octanol–water partition coefficient (Wildman–Crippen LogP) is 2.77. The molecule has 7 heteroatoms. The lowest BCUT2D eigenvalue weighted by molar-refractivity contribution is -0.141. The zero-order chi connectivity index (χ0) is 18.1. The Kier molecular flexibility index (Phi) is 4.55. The summed E-state index contributed by atoms with van der Waals surface area (Å²) in [4.78, 5) is 13.8. The molecule has 3 heterocycles. The minimum atomic E-state index is -0.166. The summed E-state index contributed by atoms with van der Waals surface area (Å²) >= 11 is 0. The van der Waals surface area contributed by atoms with Crippen molar-refractivity contribution < 1.29 is 23.5 Å². The molecule has 26 heavy (non-hydrogen) atoms. The molecule has 1 atom stereocenters. The summed E-state index contributed by atoms with van der Waals surface area (Å²) in [6.45, 7) is 4.04. The van der Waals surface area contributed by atoms with Gasteiger partial charge in [0.25, 0.3) is 0 Å². The molecular weight excluding hydrogens is 336 g/mol. The summed E-state index contributed by atoms with van der Waals surface area (Å²) in [5, 5.41) is 4.30. The number of esters is 1. The van der Waals surface area contributed by atoms with Crippen molar-refractivity contribution in [2.75, 3.05) is 20.4 Å². The van der Waals surface area contributed by atoms with Crippen LogP contribution in [0.5, 0.6) is 11.5 Å². The van der Waals surface area contributed by atoms with Crippen molar-refractivity contribution in [2.45, 2.75) is 38.8 Å². The van der Waals surface area contributed by atoms with Crippen molar-refractivity contribution in [2.24, 2.45) is 0 Å². The molecule has 2 aromatic rings. The first kappa shape index (κ1) is 16.9. The smallest absolute Gasteiger partial charge is 0.305 e. The molecule has 0 aliphatic carbocycles. The summed E-state index contributed by atoms with van der Waals surface area (Å²) in [7, 11) is 1.43. The summed E-state index contributed by atoms with van der Waals surface area (Å²) in [6.07, 6.45) is 2.02. The van der Waals surface area contributed by atoms with E-state index in [0.29, 0.717) is 6.42 Å². The van der Waals surface area contributed by atoms with Crippen LogP contribution in [0.1, 0.15) is 31.1 Å². The number of hydrogen-bond acceptors (Lipinski definition) is 7. The molecule has 0 bridgehead atoms. The van der Waals surface area contributed by atoms with Gasteiger partial charge in [-0.15, -0.1) is 0 Å². The lowest BCUT2D eigenvalue weighted by atomic mass is 9.99. The first-order chi connectivity index (χ1) is 12.7. The van der Waals surface area contributed by atoms with E-state index < -0.39 is 0 Å². The van der Waals surface area contributed by atoms with Crippen molar-refractivity contribution in [1.29, 1.82) is 0 Å². The number of nitrogens with zero attached hydrogens (tertiary/aromatic N) is 2. The topological polar surface area (TPSA) is 74.0 Å². The van der Waals surface area contributed by atoms with Crippen LogP contribution >= 0.6 is 0 Å². The van der Waals surface area contributed by atoms with Gasteiger partial charge in [-0.25, -0.2) is 0 Å². The maximum atomic E-state index is 11.4. The molecule has 0 fully saturated rings. The predicted molar refractivity (Wildman–Crippen MR) is 92.9 cm³/mol. The summed E-state index contributed by atoms with van der Waals surface area (Å²) in [5.74, 6) is 2.26. The van der Waals surface area contributed by atoms with E-state index in [1.807, 2.05) is 18.2 Å². The van der Waals surface area contributed by atoms with Gasteiger partial charge in [-0.1, -0.05) is 5.16 Å². The monoisotopic (exact) mass is 358 g/mol. The Balaban J connectivity index is 1.52. The minimum Gasteiger partial charge on any atom is -0.469 e. The Bertz CT molecular complexity index is 816. The standard InChI is InChI=1S/C19H22N2O5/c1-12(3-6-18(22)23-2)21-8-7-15-14(10-21)19(20-26-15)13-4-5-16-17(9-13)25-11-24-16/h4-5,9,12H,3,6-8,10-11H2,1-2H3. The third-order valence-corrected chi connectivity index (χ3v) is 5.12. The second-order valence-electron chi connectivity index (χ2n) is 6.69. The molecule has 0 saturated carbocycles. The third-order valence-electron chi connectivity index (χ3n) is 5.12. The van der Waals surface area contributed by atoms with Crippen LogP contribution in [0.15, 0.2) is 22.7 Å². The molecule has 0 radical (unpaired) electrons. The molecular formula is C19H22N2O5. The molecule has 138 valence electrons. The zero-order valence-corrected chi connectivity index (χ0v) is 15.0. The molecule has 1 unspecified atom stereocenters. The van der Waals surface area contributed by atoms with Crippen molar-refractivity contribution in [3.63, 3.8) is 0 Å². The van der Waals surface area contributed by atoms with E-state index in [0.717, 1.165) is 60.0 Å². The Hall–Kier alpha value is -2.54. The van der Waals surface area contributed by atoms with Crippen LogP contribution in [-0.2, 0) is 22.5 Å². The Morgan fingerprint density at radius 3 is 3.04 bits per heavy atom. The molecule has 2 aliphatic heterocycles. The van der Waals surface area contributed by atoms with Gasteiger partial charge in [0.1, 0.15) is 11.5 Å². The molecule has 7 nitrogen and oxygen atoms in total. The van der Waals surface area contributed by atoms with Crippen LogP contribution < -0.4 is 9.47 Å². The van der Waals surface area contributed by atoms with Crippen LogP contribution in [0.2, 0.25) is 0 Å². The van der Waals surface area contributed by atoms with E-state index >= 15 is 0 Å². The highest BCUT2D eigenvalue weighted by atomic mass is 16.7. The third kappa shape index (κ3) is 3.14. The maximum Gasteiger partial charge on any atom is 0.305 e. The highest BCUT2D eigenvalue weighted by Gasteiger charge is 2.28. The van der Waals surface area contributed by atoms with Crippen LogP contribution in [0, 0.1) is 0 Å². The van der Waals surface area contributed by atoms with E-state index in [9.17, 15) is 4.79 Å². The largest absolute Gasteiger partial charge is 0.469 e. The van der Waals surface area contributed by atoms with E-state index in [1.54, 1.807) is 0 Å². The average molecular weight is 358 g/mol. The van der Waals surface area contributed by atoms with Crippen molar-refractivity contribution in [3.05, 3.63) is 29.5 Å². The van der Waals surface area contributed by atoms with E-state index in [4.69, 9.17) is 18.7 Å². The van der Waals surface area contributed by atoms with Gasteiger partial charge in [-0.2, -0.15) is 0 Å². The van der Waals surface area contributed by atoms with Crippen molar-refractivity contribution in [1.82, 2.24) is 10.1 Å². The average Bonchev–Trinajstić information content (AvgIpc) is 3.30. The second kappa shape index (κ2) is 6.99. The van der Waals surface area contributed by atoms with Crippen LogP contribution in [0.3, 0.4) is 0 Å². The number of hydrogen-bond donors (Lipinski definition) is 0. The van der Waals surface area contributed by atoms with Crippen LogP contribution in [0.25, 0.3) is 11.3 Å². The van der Waals surface area contributed by atoms with Gasteiger partial charge in [-0.05, 0) is 31.5 Å². The summed E-state index contributed by atoms with van der Waals surface area (Å²) < 4.78 is 21.2. The van der Waals surface area contributed by atoms with Gasteiger partial charge in [0.05, 0.1) is 7.11 Å². The van der Waals surface area contributed by atoms with Crippen LogP contribution in [-0.4, -0.2) is 42.5 Å². The molecule has 1 aromatic heterocycles. The van der Waals surface area contributed by atoms with E-state index in [1.165, 1.54) is 7.11 Å². The van der Waals surface area contributed by atoms with E-state index in [-0.39, 0.29) is 18.8 Å². The number of carbonyl (C=O) groups excluding carboxylic acids is 1. The molecule has 1 aromatic carbocycles. The number of methoxy groups -OCH3 is 1. The first-order valence-electron chi connectivity index (χ1n) is 8.84. The summed E-state index contributed by atoms with van der Waals surface area (Å²) in [6, 6.07) is 6.10. The highest BCUT2D eigenvalue weighted by Crippen LogP contribution is 2.38. The number of rotatable bonds is 5. The number of benzene rings is 1. The minimum absolute atomic E-state index is 0.166. The van der Waals surface area contributed by atoms with Gasteiger partial charge < -0.3 is 18.7 Å². The second-order valence-corrected chi connectivity index (χ2v) is 6.69. The number of fused-ring (bicyclic) bond motifs is 2. The molecule has 2 aliphatic rings. The molecule has 4 rings (SSSR count). The lowest BCUT2D eigenvalue weighted by Gasteiger charge is -2.31. The SMILES string of the molecule is COC(=O)CCC(C)N1CCc2onc(-c3ccc4c(c3)OCO4)c2C1. The first-order valence-corrected chi connectivity index (χ1v) is 8.84. The van der Waals surface area contributed by atoms with Gasteiger partial charge >= 0.3 is 5.97 Å². The zero-order valence-electron chi connectivity index (χ0n) is 15.0. The molecule has 0 spiro atoms. The van der Waals surface area contributed by atoms with Gasteiger partial charge in [0.15, 0.2) is 11.5 Å². The summed E-state index contributed by atoms with van der Waals surface area (Å²) in [5.41, 5.74) is 2.92. The number of ether oxygens (including phenoxy) is 3. The fourth-order valence-corrected chi connectivity index (χ4v) is 3.49. The number of carbonyl (C=O) groups is 1. The fraction of sp³-hybridized carbons (Fsp3) is 0.474. The van der Waals surface area contributed by atoms with E-state index in [2.05, 4.69) is 17.0 Å². The van der Waals surface area contributed by atoms with Crippen molar-refractivity contribution >= 4 is 5.97 Å². The normalized spacial score (nSPS) is 17.0. The van der Waals surface area contributed by atoms with Gasteiger partial charge in [0, 0.05) is 43.1 Å². The lowest BCUT2D eigenvalue weighted by Crippen LogP contribution is -2.37. The van der Waals surface area contributed by atoms with Crippen LogP contribution in [0.4, 0.5) is 0 Å². The fourth-order valence-electron chi connectivity index (χ4n) is 3.49.